The van der Waals surface area contributed by atoms with Gasteiger partial charge in [0.05, 0.1) is 17.1 Å². The lowest BCUT2D eigenvalue weighted by Gasteiger charge is -2.18. The lowest BCUT2D eigenvalue weighted by atomic mass is 9.93. The van der Waals surface area contributed by atoms with E-state index in [9.17, 15) is 14.9 Å². The zero-order valence-electron chi connectivity index (χ0n) is 14.7. The van der Waals surface area contributed by atoms with Crippen molar-refractivity contribution in [3.63, 3.8) is 0 Å². The van der Waals surface area contributed by atoms with Crippen LogP contribution >= 0.6 is 0 Å². The summed E-state index contributed by atoms with van der Waals surface area (Å²) in [5.41, 5.74) is 2.50. The number of carbonyl (C=O) groups excluding carboxylic acids is 1. The molecular weight excluding hydrogens is 342 g/mol. The van der Waals surface area contributed by atoms with Crippen molar-refractivity contribution in [3.05, 3.63) is 112 Å². The van der Waals surface area contributed by atoms with Gasteiger partial charge in [-0.1, -0.05) is 60.7 Å². The molecule has 0 amide bonds. The first kappa shape index (κ1) is 18.3. The second-order valence-corrected chi connectivity index (χ2v) is 6.20. The van der Waals surface area contributed by atoms with Crippen LogP contribution in [-0.4, -0.2) is 17.5 Å². The van der Waals surface area contributed by atoms with E-state index >= 15 is 0 Å². The molecule has 136 valence electrons. The van der Waals surface area contributed by atoms with Gasteiger partial charge in [-0.3, -0.25) is 10.1 Å². The molecule has 0 fully saturated rings. The zero-order chi connectivity index (χ0) is 19.1. The largest absolute Gasteiger partial charge is 0.461 e. The molecule has 0 radical (unpaired) electrons. The van der Waals surface area contributed by atoms with Crippen LogP contribution in [-0.2, 0) is 11.2 Å². The molecule has 0 bridgehead atoms. The highest BCUT2D eigenvalue weighted by molar-refractivity contribution is 5.89. The van der Waals surface area contributed by atoms with Crippen LogP contribution in [0.25, 0.3) is 0 Å². The molecule has 5 nitrogen and oxygen atoms in total. The molecule has 3 aromatic carbocycles. The van der Waals surface area contributed by atoms with Crippen LogP contribution in [0.5, 0.6) is 0 Å². The second-order valence-electron chi connectivity index (χ2n) is 6.20. The lowest BCUT2D eigenvalue weighted by Crippen LogP contribution is -2.15. The van der Waals surface area contributed by atoms with Crippen molar-refractivity contribution in [1.29, 1.82) is 0 Å². The van der Waals surface area contributed by atoms with Crippen molar-refractivity contribution in [2.75, 3.05) is 6.61 Å². The lowest BCUT2D eigenvalue weighted by molar-refractivity contribution is -0.384. The summed E-state index contributed by atoms with van der Waals surface area (Å²) in [5.74, 6) is -0.463. The maximum atomic E-state index is 12.3. The topological polar surface area (TPSA) is 69.4 Å². The van der Waals surface area contributed by atoms with E-state index in [0.717, 1.165) is 17.5 Å². The Balaban J connectivity index is 1.70. The Labute approximate surface area is 157 Å². The maximum absolute atomic E-state index is 12.3. The molecule has 0 aliphatic rings. The third kappa shape index (κ3) is 5.01. The molecule has 1 unspecified atom stereocenters. The average molecular weight is 361 g/mol. The monoisotopic (exact) mass is 361 g/mol. The molecule has 0 heterocycles. The van der Waals surface area contributed by atoms with Gasteiger partial charge in [0.25, 0.3) is 5.69 Å². The molecule has 5 heteroatoms. The number of benzene rings is 3. The Hall–Kier alpha value is -3.47. The minimum Gasteiger partial charge on any atom is -0.461 e. The Morgan fingerprint density at radius 1 is 0.889 bits per heavy atom. The zero-order valence-corrected chi connectivity index (χ0v) is 14.7. The van der Waals surface area contributed by atoms with Gasteiger partial charge in [-0.2, -0.15) is 0 Å². The minimum absolute atomic E-state index is 0.0237. The summed E-state index contributed by atoms with van der Waals surface area (Å²) in [4.78, 5) is 22.5. The molecular formula is C22H19NO4. The summed E-state index contributed by atoms with van der Waals surface area (Å²) in [7, 11) is 0. The molecule has 27 heavy (non-hydrogen) atoms. The Morgan fingerprint density at radius 2 is 1.48 bits per heavy atom. The number of nitro groups is 1. The predicted molar refractivity (Wildman–Crippen MR) is 103 cm³/mol. The van der Waals surface area contributed by atoms with Gasteiger partial charge in [-0.05, 0) is 29.7 Å². The van der Waals surface area contributed by atoms with E-state index in [0.29, 0.717) is 5.56 Å². The number of nitro benzene ring substituents is 1. The third-order valence-electron chi connectivity index (χ3n) is 4.33. The van der Waals surface area contributed by atoms with Gasteiger partial charge < -0.3 is 4.74 Å². The van der Waals surface area contributed by atoms with E-state index in [1.165, 1.54) is 24.3 Å². The molecule has 0 saturated carbocycles. The Morgan fingerprint density at radius 3 is 2.07 bits per heavy atom. The summed E-state index contributed by atoms with van der Waals surface area (Å²) < 4.78 is 5.51. The first-order valence-corrected chi connectivity index (χ1v) is 8.64. The van der Waals surface area contributed by atoms with Crippen LogP contribution in [0.4, 0.5) is 5.69 Å². The maximum Gasteiger partial charge on any atom is 0.338 e. The molecule has 0 spiro atoms. The SMILES string of the molecule is O=C(OCC(Cc1ccccc1)c1ccccc1)c1ccc([N+](=O)[O-])cc1. The van der Waals surface area contributed by atoms with Crippen LogP contribution < -0.4 is 0 Å². The van der Waals surface area contributed by atoms with Gasteiger partial charge >= 0.3 is 5.97 Å². The first-order valence-electron chi connectivity index (χ1n) is 8.64. The van der Waals surface area contributed by atoms with Crippen LogP contribution in [0.1, 0.15) is 27.4 Å². The van der Waals surface area contributed by atoms with Crippen LogP contribution in [0.2, 0.25) is 0 Å². The first-order chi connectivity index (χ1) is 13.1. The van der Waals surface area contributed by atoms with Gasteiger partial charge in [0.15, 0.2) is 0 Å². The van der Waals surface area contributed by atoms with Crippen molar-refractivity contribution in [2.45, 2.75) is 12.3 Å². The smallest absolute Gasteiger partial charge is 0.338 e. The number of rotatable bonds is 7. The van der Waals surface area contributed by atoms with Gasteiger partial charge in [0.2, 0.25) is 0 Å². The summed E-state index contributed by atoms with van der Waals surface area (Å²) >= 11 is 0. The van der Waals surface area contributed by atoms with Crippen molar-refractivity contribution in [1.82, 2.24) is 0 Å². The minimum atomic E-state index is -0.500. The van der Waals surface area contributed by atoms with Crippen molar-refractivity contribution in [2.24, 2.45) is 0 Å². The van der Waals surface area contributed by atoms with E-state index in [1.807, 2.05) is 60.7 Å². The van der Waals surface area contributed by atoms with E-state index < -0.39 is 10.9 Å². The molecule has 0 saturated heterocycles. The Bertz CT molecular complexity index is 893. The molecule has 0 aliphatic carbocycles. The normalized spacial score (nSPS) is 11.6. The fourth-order valence-electron chi connectivity index (χ4n) is 2.88. The van der Waals surface area contributed by atoms with E-state index in [4.69, 9.17) is 4.74 Å². The van der Waals surface area contributed by atoms with Crippen LogP contribution in [0, 0.1) is 10.1 Å². The van der Waals surface area contributed by atoms with Gasteiger partial charge in [0.1, 0.15) is 0 Å². The quantitative estimate of drug-likeness (QED) is 0.345. The van der Waals surface area contributed by atoms with E-state index in [-0.39, 0.29) is 18.2 Å². The molecule has 3 aromatic rings. The number of carbonyl (C=O) groups is 1. The summed E-state index contributed by atoms with van der Waals surface area (Å²) in [6.45, 7) is 0.231. The molecule has 0 aromatic heterocycles. The number of hydrogen-bond acceptors (Lipinski definition) is 4. The Kier molecular flexibility index (Phi) is 5.94. The summed E-state index contributed by atoms with van der Waals surface area (Å²) in [5, 5.41) is 10.7. The highest BCUT2D eigenvalue weighted by Gasteiger charge is 2.17. The van der Waals surface area contributed by atoms with Crippen molar-refractivity contribution in [3.8, 4) is 0 Å². The number of hydrogen-bond donors (Lipinski definition) is 0. The van der Waals surface area contributed by atoms with Crippen molar-refractivity contribution >= 4 is 11.7 Å². The van der Waals surface area contributed by atoms with E-state index in [1.54, 1.807) is 0 Å². The van der Waals surface area contributed by atoms with Gasteiger partial charge in [0, 0.05) is 18.1 Å². The van der Waals surface area contributed by atoms with Crippen LogP contribution in [0.3, 0.4) is 0 Å². The summed E-state index contributed by atoms with van der Waals surface area (Å²) in [6.07, 6.45) is 0.748. The molecule has 0 N–H and O–H groups in total. The number of nitrogens with zero attached hydrogens (tertiary/aromatic N) is 1. The standard InChI is InChI=1S/C22H19NO4/c24-22(19-11-13-21(14-12-19)23(25)26)27-16-20(18-9-5-2-6-10-18)15-17-7-3-1-4-8-17/h1-14,20H,15-16H2. The van der Waals surface area contributed by atoms with E-state index in [2.05, 4.69) is 0 Å². The fourth-order valence-corrected chi connectivity index (χ4v) is 2.88. The highest BCUT2D eigenvalue weighted by atomic mass is 16.6. The molecule has 3 rings (SSSR count). The third-order valence-corrected chi connectivity index (χ3v) is 4.33. The second kappa shape index (κ2) is 8.76. The van der Waals surface area contributed by atoms with Crippen molar-refractivity contribution < 1.29 is 14.5 Å². The van der Waals surface area contributed by atoms with Gasteiger partial charge in [-0.15, -0.1) is 0 Å². The molecule has 0 aliphatic heterocycles. The number of non-ortho nitro benzene ring substituents is 1. The highest BCUT2D eigenvalue weighted by Crippen LogP contribution is 2.22. The fraction of sp³-hybridized carbons (Fsp3) is 0.136. The predicted octanol–water partition coefficient (Wildman–Crippen LogP) is 4.78. The number of esters is 1. The van der Waals surface area contributed by atoms with Gasteiger partial charge in [-0.25, -0.2) is 4.79 Å². The number of ether oxygens (including phenoxy) is 1. The molecule has 1 atom stereocenters. The summed E-state index contributed by atoms with van der Waals surface area (Å²) in [6, 6.07) is 25.4. The average Bonchev–Trinajstić information content (AvgIpc) is 2.72. The van der Waals surface area contributed by atoms with Crippen LogP contribution in [0.15, 0.2) is 84.9 Å².